The SMILES string of the molecule is CC[C@H](C)[C@H](N)C(=O)N[C@H](C(=O)N[C@@H](CC(C)C)C(=O)N[C@H](C(=O)N1CCC[C@H]1C(=O)N1CCC[C@H]1C(=O)N[C@H](Cc1ccc(O)cc1)C(=O)N[C@@H](Cc1ccccc1)C(=O)N[C@@H](CC(C)C)C(=O)O)C(C)C)[C@@H](C)CC. The molecule has 4 rings (SSSR count). The number of nitrogens with two attached hydrogens (primary N) is 1. The molecule has 8 amide bonds. The van der Waals surface area contributed by atoms with Gasteiger partial charge >= 0.3 is 5.97 Å². The highest BCUT2D eigenvalue weighted by molar-refractivity contribution is 5.98. The molecule has 0 aliphatic carbocycles. The van der Waals surface area contributed by atoms with Gasteiger partial charge in [-0.05, 0) is 91.4 Å². The molecular formula is C57H87N9O11. The number of nitrogens with one attached hydrogen (secondary N) is 6. The fourth-order valence-electron chi connectivity index (χ4n) is 9.80. The molecule has 2 heterocycles. The highest BCUT2D eigenvalue weighted by atomic mass is 16.4. The second-order valence-electron chi connectivity index (χ2n) is 22.3. The maximum atomic E-state index is 14.7. The highest BCUT2D eigenvalue weighted by Gasteiger charge is 2.45. The third-order valence-corrected chi connectivity index (χ3v) is 14.8. The van der Waals surface area contributed by atoms with Crippen LogP contribution in [0.1, 0.15) is 132 Å². The summed E-state index contributed by atoms with van der Waals surface area (Å²) in [6.07, 6.45) is 2.95. The summed E-state index contributed by atoms with van der Waals surface area (Å²) < 4.78 is 0. The van der Waals surface area contributed by atoms with Crippen LogP contribution in [-0.4, -0.2) is 141 Å². The van der Waals surface area contributed by atoms with E-state index in [9.17, 15) is 53.4 Å². The quantitative estimate of drug-likeness (QED) is 0.0593. The second-order valence-corrected chi connectivity index (χ2v) is 22.3. The monoisotopic (exact) mass is 1070 g/mol. The van der Waals surface area contributed by atoms with Crippen molar-refractivity contribution in [1.29, 1.82) is 0 Å². The zero-order valence-electron chi connectivity index (χ0n) is 46.8. The molecule has 20 heteroatoms. The van der Waals surface area contributed by atoms with Crippen LogP contribution in [0.4, 0.5) is 0 Å². The van der Waals surface area contributed by atoms with E-state index in [1.54, 1.807) is 56.3 Å². The van der Waals surface area contributed by atoms with Crippen molar-refractivity contribution in [2.24, 2.45) is 35.3 Å². The molecule has 2 aliphatic rings. The van der Waals surface area contributed by atoms with E-state index in [2.05, 4.69) is 31.9 Å². The van der Waals surface area contributed by atoms with Crippen LogP contribution in [0.5, 0.6) is 5.75 Å². The first-order chi connectivity index (χ1) is 36.4. The number of carboxylic acids is 1. The Morgan fingerprint density at radius 1 is 0.558 bits per heavy atom. The third-order valence-electron chi connectivity index (χ3n) is 14.8. The molecule has 0 saturated carbocycles. The maximum Gasteiger partial charge on any atom is 0.326 e. The van der Waals surface area contributed by atoms with Crippen molar-refractivity contribution in [3.63, 3.8) is 0 Å². The lowest BCUT2D eigenvalue weighted by molar-refractivity contribution is -0.148. The van der Waals surface area contributed by atoms with Crippen LogP contribution in [0.2, 0.25) is 0 Å². The molecule has 2 fully saturated rings. The van der Waals surface area contributed by atoms with Crippen molar-refractivity contribution in [2.45, 2.75) is 188 Å². The van der Waals surface area contributed by atoms with Crippen LogP contribution < -0.4 is 37.6 Å². The summed E-state index contributed by atoms with van der Waals surface area (Å²) >= 11 is 0. The van der Waals surface area contributed by atoms with Crippen LogP contribution >= 0.6 is 0 Å². The molecule has 0 aromatic heterocycles. The van der Waals surface area contributed by atoms with Gasteiger partial charge in [0.2, 0.25) is 47.3 Å². The van der Waals surface area contributed by atoms with E-state index in [4.69, 9.17) is 5.73 Å². The lowest BCUT2D eigenvalue weighted by Gasteiger charge is -2.35. The van der Waals surface area contributed by atoms with E-state index in [1.807, 2.05) is 55.4 Å². The average Bonchev–Trinajstić information content (AvgIpc) is 4.10. The Morgan fingerprint density at radius 2 is 1.04 bits per heavy atom. The Balaban J connectivity index is 1.55. The molecule has 20 nitrogen and oxygen atoms in total. The first kappa shape index (κ1) is 63.0. The number of carbonyl (C=O) groups is 9. The smallest absolute Gasteiger partial charge is 0.326 e. The Bertz CT molecular complexity index is 2330. The fourth-order valence-corrected chi connectivity index (χ4v) is 9.80. The number of carbonyl (C=O) groups excluding carboxylic acids is 8. The highest BCUT2D eigenvalue weighted by Crippen LogP contribution is 2.27. The van der Waals surface area contributed by atoms with Gasteiger partial charge in [0, 0.05) is 25.9 Å². The number of nitrogens with zero attached hydrogens (tertiary/aromatic N) is 2. The number of hydrogen-bond donors (Lipinski definition) is 9. The zero-order valence-corrected chi connectivity index (χ0v) is 46.8. The van der Waals surface area contributed by atoms with Gasteiger partial charge < -0.3 is 57.6 Å². The van der Waals surface area contributed by atoms with Gasteiger partial charge in [-0.2, -0.15) is 0 Å². The van der Waals surface area contributed by atoms with Gasteiger partial charge in [-0.25, -0.2) is 4.79 Å². The Kier molecular flexibility index (Phi) is 24.4. The van der Waals surface area contributed by atoms with Crippen LogP contribution in [0, 0.1) is 29.6 Å². The second kappa shape index (κ2) is 29.8. The molecule has 2 aliphatic heterocycles. The minimum absolute atomic E-state index is 0.00136. The van der Waals surface area contributed by atoms with E-state index in [0.29, 0.717) is 43.2 Å². The first-order valence-electron chi connectivity index (χ1n) is 27.6. The number of hydrogen-bond acceptors (Lipinski definition) is 11. The number of benzene rings is 2. The number of phenolic OH excluding ortho intramolecular Hbond substituents is 1. The molecule has 10 N–H and O–H groups in total. The number of aliphatic carboxylic acids is 1. The summed E-state index contributed by atoms with van der Waals surface area (Å²) in [6.45, 7) is 18.9. The summed E-state index contributed by atoms with van der Waals surface area (Å²) in [4.78, 5) is 129. The average molecular weight is 1070 g/mol. The molecule has 2 saturated heterocycles. The molecule has 2 aromatic carbocycles. The molecular weight excluding hydrogens is 987 g/mol. The lowest BCUT2D eigenvalue weighted by atomic mass is 9.94. The Hall–Kier alpha value is -6.57. The minimum Gasteiger partial charge on any atom is -0.508 e. The van der Waals surface area contributed by atoms with E-state index in [1.165, 1.54) is 21.9 Å². The molecule has 0 unspecified atom stereocenters. The number of likely N-dealkylation sites (tertiary alicyclic amines) is 2. The molecule has 0 spiro atoms. The van der Waals surface area contributed by atoms with Crippen molar-refractivity contribution in [1.82, 2.24) is 41.7 Å². The molecule has 0 radical (unpaired) electrons. The fraction of sp³-hybridized carbons (Fsp3) is 0.632. The molecule has 11 atom stereocenters. The largest absolute Gasteiger partial charge is 0.508 e. The van der Waals surface area contributed by atoms with E-state index in [-0.39, 0.29) is 74.6 Å². The summed E-state index contributed by atoms with van der Waals surface area (Å²) in [5.41, 5.74) is 7.45. The number of phenols is 1. The number of amides is 8. The van der Waals surface area contributed by atoms with E-state index in [0.717, 1.165) is 0 Å². The molecule has 0 bridgehead atoms. The lowest BCUT2D eigenvalue weighted by Crippen LogP contribution is -2.61. The molecule has 77 heavy (non-hydrogen) atoms. The predicted molar refractivity (Wildman–Crippen MR) is 291 cm³/mol. The van der Waals surface area contributed by atoms with Gasteiger partial charge in [0.05, 0.1) is 6.04 Å². The predicted octanol–water partition coefficient (Wildman–Crippen LogP) is 3.32. The summed E-state index contributed by atoms with van der Waals surface area (Å²) in [7, 11) is 0. The summed E-state index contributed by atoms with van der Waals surface area (Å²) in [5, 5.41) is 36.7. The van der Waals surface area contributed by atoms with Crippen LogP contribution in [-0.2, 0) is 56.0 Å². The van der Waals surface area contributed by atoms with Gasteiger partial charge in [0.1, 0.15) is 54.1 Å². The van der Waals surface area contributed by atoms with Crippen molar-refractivity contribution in [2.75, 3.05) is 13.1 Å². The van der Waals surface area contributed by atoms with Crippen molar-refractivity contribution >= 4 is 53.2 Å². The van der Waals surface area contributed by atoms with Crippen molar-refractivity contribution in [3.8, 4) is 5.75 Å². The Morgan fingerprint density at radius 3 is 1.58 bits per heavy atom. The van der Waals surface area contributed by atoms with Crippen LogP contribution in [0.15, 0.2) is 54.6 Å². The van der Waals surface area contributed by atoms with Crippen LogP contribution in [0.3, 0.4) is 0 Å². The number of carboxylic acid groups (broad SMARTS) is 1. The van der Waals surface area contributed by atoms with Gasteiger partial charge in [0.15, 0.2) is 0 Å². The van der Waals surface area contributed by atoms with E-state index >= 15 is 0 Å². The van der Waals surface area contributed by atoms with Crippen LogP contribution in [0.25, 0.3) is 0 Å². The standard InChI is InChI=1S/C57H87N9O11/c1-11-35(9)46(58)53(72)64-48(36(10)12-2)54(73)61-40(28-32(3)4)51(70)63-47(34(7)8)56(75)66-27-17-21-45(66)55(74)65-26-16-20-44(65)52(71)60-42(31-38-22-24-39(67)25-23-38)49(68)59-41(30-37-18-14-13-15-19-37)50(69)62-43(57(76)77)29-33(5)6/h13-15,18-19,22-25,32-36,40-48,67H,11-12,16-17,20-21,26-31,58H2,1-10H3,(H,59,68)(H,60,71)(H,61,73)(H,62,69)(H,63,70)(H,64,72)(H,76,77)/t35-,36-,40-,41-,42+,43-,44-,45-,46-,47-,48-/m0/s1. The zero-order chi connectivity index (χ0) is 57.3. The summed E-state index contributed by atoms with van der Waals surface area (Å²) in [5.74, 6) is -6.97. The van der Waals surface area contributed by atoms with Crippen molar-refractivity contribution < 1.29 is 53.4 Å². The Labute approximate surface area is 454 Å². The summed E-state index contributed by atoms with van der Waals surface area (Å²) in [6, 6.07) is 5.10. The topological polar surface area (TPSA) is 299 Å². The number of rotatable bonds is 28. The minimum atomic E-state index is -1.31. The first-order valence-corrected chi connectivity index (χ1v) is 27.6. The van der Waals surface area contributed by atoms with Gasteiger partial charge in [-0.1, -0.05) is 125 Å². The van der Waals surface area contributed by atoms with Gasteiger partial charge in [0.25, 0.3) is 0 Å². The van der Waals surface area contributed by atoms with Crippen molar-refractivity contribution in [3.05, 3.63) is 65.7 Å². The normalized spacial score (nSPS) is 19.0. The van der Waals surface area contributed by atoms with Gasteiger partial charge in [-0.15, -0.1) is 0 Å². The maximum absolute atomic E-state index is 14.7. The third kappa shape index (κ3) is 18.3. The van der Waals surface area contributed by atoms with E-state index < -0.39 is 114 Å². The number of aromatic hydroxyl groups is 1. The molecule has 2 aromatic rings. The van der Waals surface area contributed by atoms with Gasteiger partial charge in [-0.3, -0.25) is 38.4 Å². The molecule has 426 valence electrons.